The Hall–Kier alpha value is -6.51. The second-order valence-corrected chi connectivity index (χ2v) is 12.9. The summed E-state index contributed by atoms with van der Waals surface area (Å²) in [5, 5.41) is 6.73. The standard InChI is InChI=1S/C44H38N2.C6H6/c1-30(2)43(35-14-7-6-8-15-35)46-29-40-16-10-9-13-32(4)42-28-39(24-25-41(40)42)38-18-11-17-37(27-38)31(3)20-21-34-22-23-36-19-12-26-45-44(36)33(34)5;1-2-4-6-5-3-1/h6-29,46H,4-5H2,1-3H3;1-6H/b13-9-,16-10-,31-20+,34-21-,40-29-;. The van der Waals surface area contributed by atoms with Crippen LogP contribution in [-0.2, 0) is 0 Å². The summed E-state index contributed by atoms with van der Waals surface area (Å²) >= 11 is 0. The largest absolute Gasteiger partial charge is 0.361 e. The Morgan fingerprint density at radius 1 is 0.635 bits per heavy atom. The van der Waals surface area contributed by atoms with Crippen LogP contribution in [0, 0.1) is 0 Å². The van der Waals surface area contributed by atoms with E-state index in [1.807, 2.05) is 54.7 Å². The molecule has 0 amide bonds. The van der Waals surface area contributed by atoms with Gasteiger partial charge in [-0.25, -0.2) is 0 Å². The van der Waals surface area contributed by atoms with Gasteiger partial charge in [0.25, 0.3) is 0 Å². The second-order valence-electron chi connectivity index (χ2n) is 12.9. The molecule has 1 aliphatic carbocycles. The molecular weight excluding hydrogens is 629 g/mol. The highest BCUT2D eigenvalue weighted by Gasteiger charge is 2.13. The SMILES string of the molecule is C=C1\C=C/C=C\C(=C\NC(=C(C)C)c2ccccc2)c2ccc(-c3cccc(/C(C)=C/C=c4/ccc5cccnc5c4=C)c3)cc21.c1ccccc1. The maximum Gasteiger partial charge on any atom is 0.0774 e. The fourth-order valence-electron chi connectivity index (χ4n) is 6.17. The van der Waals surface area contributed by atoms with E-state index >= 15 is 0 Å². The Morgan fingerprint density at radius 2 is 1.33 bits per heavy atom. The Morgan fingerprint density at radius 3 is 2.08 bits per heavy atom. The minimum atomic E-state index is 0.942. The summed E-state index contributed by atoms with van der Waals surface area (Å²) in [4.78, 5) is 4.53. The fraction of sp³-hybridized carbons (Fsp3) is 0.0600. The second kappa shape index (κ2) is 16.9. The summed E-state index contributed by atoms with van der Waals surface area (Å²) in [6, 6.07) is 46.1. The molecule has 0 atom stereocenters. The number of fused-ring (bicyclic) bond motifs is 2. The molecule has 6 aromatic rings. The van der Waals surface area contributed by atoms with Crippen LogP contribution in [0.1, 0.15) is 43.0 Å². The Balaban J connectivity index is 0.000000703. The van der Waals surface area contributed by atoms with Crippen LogP contribution in [0.3, 0.4) is 0 Å². The lowest BCUT2D eigenvalue weighted by molar-refractivity contribution is 1.17. The molecule has 1 N–H and O–H groups in total. The number of nitrogens with zero attached hydrogens (tertiary/aromatic N) is 1. The third-order valence-electron chi connectivity index (χ3n) is 9.04. The van der Waals surface area contributed by atoms with E-state index in [1.165, 1.54) is 16.7 Å². The molecule has 1 heterocycles. The van der Waals surface area contributed by atoms with E-state index in [-0.39, 0.29) is 0 Å². The number of pyridine rings is 1. The van der Waals surface area contributed by atoms with Crippen LogP contribution in [0.15, 0.2) is 188 Å². The van der Waals surface area contributed by atoms with Gasteiger partial charge in [-0.1, -0.05) is 170 Å². The molecule has 1 aromatic heterocycles. The van der Waals surface area contributed by atoms with Crippen LogP contribution < -0.4 is 15.8 Å². The van der Waals surface area contributed by atoms with Gasteiger partial charge in [0.15, 0.2) is 0 Å². The number of hydrogen-bond donors (Lipinski definition) is 1. The van der Waals surface area contributed by atoms with Crippen molar-refractivity contribution >= 4 is 46.0 Å². The molecule has 0 unspecified atom stereocenters. The van der Waals surface area contributed by atoms with Gasteiger partial charge in [0, 0.05) is 28.7 Å². The van der Waals surface area contributed by atoms with Gasteiger partial charge in [-0.2, -0.15) is 0 Å². The summed E-state index contributed by atoms with van der Waals surface area (Å²) in [5.41, 5.74) is 13.4. The van der Waals surface area contributed by atoms with Crippen molar-refractivity contribution in [3.8, 4) is 11.1 Å². The van der Waals surface area contributed by atoms with Crippen molar-refractivity contribution in [2.45, 2.75) is 20.8 Å². The first-order valence-electron chi connectivity index (χ1n) is 17.6. The average Bonchev–Trinajstić information content (AvgIpc) is 3.19. The zero-order chi connectivity index (χ0) is 36.3. The van der Waals surface area contributed by atoms with E-state index in [0.29, 0.717) is 0 Å². The monoisotopic (exact) mass is 672 g/mol. The van der Waals surface area contributed by atoms with Gasteiger partial charge >= 0.3 is 0 Å². The van der Waals surface area contributed by atoms with E-state index in [1.54, 1.807) is 0 Å². The molecule has 0 bridgehead atoms. The lowest BCUT2D eigenvalue weighted by Crippen LogP contribution is -2.23. The molecule has 2 nitrogen and oxygen atoms in total. The predicted octanol–water partition coefficient (Wildman–Crippen LogP) is 11.4. The van der Waals surface area contributed by atoms with Crippen LogP contribution >= 0.6 is 0 Å². The van der Waals surface area contributed by atoms with Crippen LogP contribution in [0.4, 0.5) is 0 Å². The van der Waals surface area contributed by atoms with Crippen molar-refractivity contribution in [2.24, 2.45) is 0 Å². The Bertz CT molecular complexity index is 2450. The van der Waals surface area contributed by atoms with Crippen molar-refractivity contribution in [3.63, 3.8) is 0 Å². The summed E-state index contributed by atoms with van der Waals surface area (Å²) in [5.74, 6) is 0. The normalized spacial score (nSPS) is 14.8. The maximum absolute atomic E-state index is 4.53. The van der Waals surface area contributed by atoms with E-state index in [2.05, 4.69) is 172 Å². The van der Waals surface area contributed by atoms with E-state index in [0.717, 1.165) is 66.0 Å². The average molecular weight is 673 g/mol. The third-order valence-corrected chi connectivity index (χ3v) is 9.04. The van der Waals surface area contributed by atoms with Gasteiger partial charge in [0.1, 0.15) is 0 Å². The summed E-state index contributed by atoms with van der Waals surface area (Å²) in [7, 11) is 0. The molecule has 0 spiro atoms. The number of nitrogens with one attached hydrogen (secondary N) is 1. The number of aromatic nitrogens is 1. The number of allylic oxidation sites excluding steroid dienone is 9. The van der Waals surface area contributed by atoms with Gasteiger partial charge in [0.2, 0.25) is 0 Å². The van der Waals surface area contributed by atoms with Gasteiger partial charge in [-0.3, -0.25) is 4.98 Å². The molecule has 0 radical (unpaired) electrons. The molecule has 5 aromatic carbocycles. The van der Waals surface area contributed by atoms with E-state index in [9.17, 15) is 0 Å². The summed E-state index contributed by atoms with van der Waals surface area (Å²) in [6.07, 6.45) is 16.6. The van der Waals surface area contributed by atoms with Gasteiger partial charge in [-0.15, -0.1) is 0 Å². The first kappa shape index (κ1) is 35.3. The molecule has 0 aliphatic heterocycles. The lowest BCUT2D eigenvalue weighted by atomic mass is 9.89. The van der Waals surface area contributed by atoms with Crippen molar-refractivity contribution in [1.82, 2.24) is 10.3 Å². The Kier molecular flexibility index (Phi) is 11.5. The minimum Gasteiger partial charge on any atom is -0.361 e. The van der Waals surface area contributed by atoms with Crippen LogP contribution in [0.2, 0.25) is 0 Å². The topological polar surface area (TPSA) is 24.9 Å². The first-order chi connectivity index (χ1) is 25.4. The highest BCUT2D eigenvalue weighted by Crippen LogP contribution is 2.33. The van der Waals surface area contributed by atoms with E-state index in [4.69, 9.17) is 0 Å². The maximum atomic E-state index is 4.53. The number of benzene rings is 5. The molecule has 0 saturated carbocycles. The molecule has 52 heavy (non-hydrogen) atoms. The van der Waals surface area contributed by atoms with Gasteiger partial charge in [-0.05, 0) is 94.3 Å². The van der Waals surface area contributed by atoms with Crippen molar-refractivity contribution in [2.75, 3.05) is 0 Å². The highest BCUT2D eigenvalue weighted by atomic mass is 14.9. The molecule has 254 valence electrons. The van der Waals surface area contributed by atoms with Gasteiger partial charge in [0.05, 0.1) is 5.52 Å². The number of hydrogen-bond acceptors (Lipinski definition) is 2. The zero-order valence-corrected chi connectivity index (χ0v) is 30.2. The molecule has 0 fully saturated rings. The first-order valence-corrected chi connectivity index (χ1v) is 17.6. The van der Waals surface area contributed by atoms with Crippen LogP contribution in [0.5, 0.6) is 0 Å². The van der Waals surface area contributed by atoms with Crippen LogP contribution in [0.25, 0.3) is 57.1 Å². The number of rotatable bonds is 6. The minimum absolute atomic E-state index is 0.942. The smallest absolute Gasteiger partial charge is 0.0774 e. The van der Waals surface area contributed by atoms with Crippen molar-refractivity contribution in [1.29, 1.82) is 0 Å². The molecule has 7 rings (SSSR count). The lowest BCUT2D eigenvalue weighted by Gasteiger charge is -2.17. The fourth-order valence-corrected chi connectivity index (χ4v) is 6.17. The Labute approximate surface area is 308 Å². The highest BCUT2D eigenvalue weighted by molar-refractivity contribution is 5.90. The summed E-state index contributed by atoms with van der Waals surface area (Å²) < 4.78 is 0. The molecule has 2 heteroatoms. The van der Waals surface area contributed by atoms with Gasteiger partial charge < -0.3 is 5.32 Å². The molecule has 0 saturated heterocycles. The van der Waals surface area contributed by atoms with Crippen molar-refractivity contribution in [3.05, 3.63) is 221 Å². The molecule has 1 aliphatic rings. The third kappa shape index (κ3) is 8.61. The van der Waals surface area contributed by atoms with E-state index < -0.39 is 0 Å². The summed E-state index contributed by atoms with van der Waals surface area (Å²) in [6.45, 7) is 15.1. The van der Waals surface area contributed by atoms with Crippen molar-refractivity contribution < 1.29 is 0 Å². The quantitative estimate of drug-likeness (QED) is 0.190. The van der Waals surface area contributed by atoms with Crippen LogP contribution in [-0.4, -0.2) is 4.98 Å². The zero-order valence-electron chi connectivity index (χ0n) is 30.2. The molecular formula is C50H44N2. The predicted molar refractivity (Wildman–Crippen MR) is 226 cm³/mol.